The minimum atomic E-state index is -1.04. The number of aromatic nitrogens is 2. The van der Waals surface area contributed by atoms with Crippen molar-refractivity contribution in [3.05, 3.63) is 77.2 Å². The minimum absolute atomic E-state index is 0.133. The SMILES string of the molecule is O=C1C[C@H](c2ccc(C(=O)O)cc2)c2ncn(-c3cc(F)cc(F)c3)c2N1. The Labute approximate surface area is 152 Å². The van der Waals surface area contributed by atoms with Crippen LogP contribution in [0.1, 0.15) is 34.0 Å². The topological polar surface area (TPSA) is 84.2 Å². The summed E-state index contributed by atoms with van der Waals surface area (Å²) in [6.45, 7) is 0. The monoisotopic (exact) mass is 369 g/mol. The molecule has 1 amide bonds. The number of imidazole rings is 1. The van der Waals surface area contributed by atoms with Crippen molar-refractivity contribution in [1.82, 2.24) is 9.55 Å². The molecule has 1 aliphatic heterocycles. The molecule has 1 atom stereocenters. The first-order valence-electron chi connectivity index (χ1n) is 8.09. The first-order valence-corrected chi connectivity index (χ1v) is 8.09. The molecule has 0 spiro atoms. The molecule has 2 heterocycles. The number of amides is 1. The number of carboxylic acids is 1. The number of rotatable bonds is 3. The highest BCUT2D eigenvalue weighted by Gasteiger charge is 2.31. The number of aromatic carboxylic acids is 1. The maximum Gasteiger partial charge on any atom is 0.335 e. The summed E-state index contributed by atoms with van der Waals surface area (Å²) in [6.07, 6.45) is 1.52. The van der Waals surface area contributed by atoms with Crippen LogP contribution >= 0.6 is 0 Å². The Hall–Kier alpha value is -3.55. The second-order valence-electron chi connectivity index (χ2n) is 6.21. The van der Waals surface area contributed by atoms with Crippen LogP contribution in [-0.2, 0) is 4.79 Å². The Morgan fingerprint density at radius 3 is 2.44 bits per heavy atom. The number of hydrogen-bond acceptors (Lipinski definition) is 3. The summed E-state index contributed by atoms with van der Waals surface area (Å²) in [7, 11) is 0. The van der Waals surface area contributed by atoms with E-state index in [1.807, 2.05) is 0 Å². The van der Waals surface area contributed by atoms with Gasteiger partial charge in [0.25, 0.3) is 0 Å². The molecule has 0 bridgehead atoms. The highest BCUT2D eigenvalue weighted by atomic mass is 19.1. The number of carboxylic acid groups (broad SMARTS) is 1. The van der Waals surface area contributed by atoms with E-state index in [4.69, 9.17) is 5.11 Å². The van der Waals surface area contributed by atoms with Crippen LogP contribution in [0.4, 0.5) is 14.6 Å². The second kappa shape index (κ2) is 6.31. The standard InChI is InChI=1S/C19H13F2N3O3/c20-12-5-13(21)7-14(6-12)24-9-22-17-15(8-16(25)23-18(17)24)10-1-3-11(4-2-10)19(26)27/h1-7,9,15H,8H2,(H,23,25)(H,26,27)/t15-/m1/s1. The maximum atomic E-state index is 13.6. The lowest BCUT2D eigenvalue weighted by molar-refractivity contribution is -0.116. The van der Waals surface area contributed by atoms with E-state index in [9.17, 15) is 18.4 Å². The Bertz CT molecular complexity index is 1040. The van der Waals surface area contributed by atoms with Gasteiger partial charge in [-0.15, -0.1) is 0 Å². The van der Waals surface area contributed by atoms with Crippen LogP contribution < -0.4 is 5.32 Å². The molecule has 0 radical (unpaired) electrons. The Kier molecular flexibility index (Phi) is 3.95. The number of fused-ring (bicyclic) bond motifs is 1. The zero-order chi connectivity index (χ0) is 19.1. The van der Waals surface area contributed by atoms with Gasteiger partial charge in [0.15, 0.2) is 0 Å². The van der Waals surface area contributed by atoms with Crippen LogP contribution in [0.5, 0.6) is 0 Å². The predicted molar refractivity (Wildman–Crippen MR) is 92.0 cm³/mol. The molecule has 0 aliphatic carbocycles. The van der Waals surface area contributed by atoms with Crippen LogP contribution in [0.25, 0.3) is 5.69 Å². The van der Waals surface area contributed by atoms with Crippen LogP contribution in [0.15, 0.2) is 48.8 Å². The van der Waals surface area contributed by atoms with Crippen LogP contribution in [-0.4, -0.2) is 26.5 Å². The van der Waals surface area contributed by atoms with E-state index in [1.165, 1.54) is 23.0 Å². The maximum absolute atomic E-state index is 13.6. The molecule has 0 saturated heterocycles. The Morgan fingerprint density at radius 1 is 1.15 bits per heavy atom. The second-order valence-corrected chi connectivity index (χ2v) is 6.21. The molecule has 0 fully saturated rings. The summed E-state index contributed by atoms with van der Waals surface area (Å²) in [5, 5.41) is 11.7. The van der Waals surface area contributed by atoms with Crippen molar-refractivity contribution < 1.29 is 23.5 Å². The molecule has 1 aliphatic rings. The molecular formula is C19H13F2N3O3. The fraction of sp³-hybridized carbons (Fsp3) is 0.105. The highest BCUT2D eigenvalue weighted by Crippen LogP contribution is 2.37. The van der Waals surface area contributed by atoms with Crippen LogP contribution in [0.2, 0.25) is 0 Å². The number of benzene rings is 2. The molecule has 136 valence electrons. The first kappa shape index (κ1) is 16.9. The normalized spacial score (nSPS) is 15.9. The number of halogens is 2. The lowest BCUT2D eigenvalue weighted by Gasteiger charge is -2.23. The Balaban J connectivity index is 1.78. The zero-order valence-corrected chi connectivity index (χ0v) is 13.8. The molecule has 0 unspecified atom stereocenters. The summed E-state index contributed by atoms with van der Waals surface area (Å²) in [5.74, 6) is -2.85. The van der Waals surface area contributed by atoms with Gasteiger partial charge in [0, 0.05) is 18.4 Å². The van der Waals surface area contributed by atoms with Gasteiger partial charge in [0.05, 0.1) is 16.9 Å². The number of carbonyl (C=O) groups excluding carboxylic acids is 1. The zero-order valence-electron chi connectivity index (χ0n) is 13.8. The number of carbonyl (C=O) groups is 2. The van der Waals surface area contributed by atoms with E-state index >= 15 is 0 Å². The first-order chi connectivity index (χ1) is 12.9. The van der Waals surface area contributed by atoms with Crippen molar-refractivity contribution >= 4 is 17.7 Å². The largest absolute Gasteiger partial charge is 0.478 e. The van der Waals surface area contributed by atoms with Gasteiger partial charge in [-0.1, -0.05) is 12.1 Å². The summed E-state index contributed by atoms with van der Waals surface area (Å²) in [6, 6.07) is 9.24. The number of hydrogen-bond donors (Lipinski definition) is 2. The summed E-state index contributed by atoms with van der Waals surface area (Å²) in [5.41, 5.74) is 1.61. The van der Waals surface area contributed by atoms with E-state index < -0.39 is 23.5 Å². The van der Waals surface area contributed by atoms with Gasteiger partial charge in [-0.05, 0) is 29.8 Å². The molecule has 27 heavy (non-hydrogen) atoms. The smallest absolute Gasteiger partial charge is 0.335 e. The summed E-state index contributed by atoms with van der Waals surface area (Å²) < 4.78 is 28.5. The fourth-order valence-electron chi connectivity index (χ4n) is 3.21. The molecule has 0 saturated carbocycles. The highest BCUT2D eigenvalue weighted by molar-refractivity contribution is 5.94. The van der Waals surface area contributed by atoms with Crippen LogP contribution in [0.3, 0.4) is 0 Å². The molecule has 2 aromatic carbocycles. The quantitative estimate of drug-likeness (QED) is 0.742. The van der Waals surface area contributed by atoms with Gasteiger partial charge in [0.1, 0.15) is 23.8 Å². The van der Waals surface area contributed by atoms with Gasteiger partial charge in [-0.2, -0.15) is 0 Å². The number of nitrogens with one attached hydrogen (secondary N) is 1. The van der Waals surface area contributed by atoms with Gasteiger partial charge >= 0.3 is 5.97 Å². The van der Waals surface area contributed by atoms with E-state index in [1.54, 1.807) is 12.1 Å². The van der Waals surface area contributed by atoms with Crippen molar-refractivity contribution in [3.8, 4) is 5.69 Å². The van der Waals surface area contributed by atoms with Crippen LogP contribution in [0, 0.1) is 11.6 Å². The third-order valence-corrected chi connectivity index (χ3v) is 4.46. The van der Waals surface area contributed by atoms with Crippen molar-refractivity contribution in [1.29, 1.82) is 0 Å². The van der Waals surface area contributed by atoms with Crippen molar-refractivity contribution in [2.75, 3.05) is 5.32 Å². The number of nitrogens with zero attached hydrogens (tertiary/aromatic N) is 2. The van der Waals surface area contributed by atoms with E-state index in [0.29, 0.717) is 11.5 Å². The lowest BCUT2D eigenvalue weighted by atomic mass is 9.89. The predicted octanol–water partition coefficient (Wildman–Crippen LogP) is 3.32. The average Bonchev–Trinajstić information content (AvgIpc) is 3.04. The molecule has 3 aromatic rings. The number of anilines is 1. The lowest BCUT2D eigenvalue weighted by Crippen LogP contribution is -2.25. The van der Waals surface area contributed by atoms with E-state index in [0.717, 1.165) is 23.8 Å². The molecular weight excluding hydrogens is 356 g/mol. The molecule has 1 aromatic heterocycles. The average molecular weight is 369 g/mol. The van der Waals surface area contributed by atoms with Gasteiger partial charge < -0.3 is 10.4 Å². The Morgan fingerprint density at radius 2 is 1.81 bits per heavy atom. The van der Waals surface area contributed by atoms with E-state index in [2.05, 4.69) is 10.3 Å². The molecule has 2 N–H and O–H groups in total. The third-order valence-electron chi connectivity index (χ3n) is 4.46. The third kappa shape index (κ3) is 3.05. The fourth-order valence-corrected chi connectivity index (χ4v) is 3.21. The van der Waals surface area contributed by atoms with Gasteiger partial charge in [0.2, 0.25) is 5.91 Å². The van der Waals surface area contributed by atoms with E-state index in [-0.39, 0.29) is 23.6 Å². The van der Waals surface area contributed by atoms with Crippen molar-refractivity contribution in [2.45, 2.75) is 12.3 Å². The minimum Gasteiger partial charge on any atom is -0.478 e. The summed E-state index contributed by atoms with van der Waals surface area (Å²) in [4.78, 5) is 27.5. The molecule has 6 nitrogen and oxygen atoms in total. The van der Waals surface area contributed by atoms with Gasteiger partial charge in [-0.25, -0.2) is 18.6 Å². The van der Waals surface area contributed by atoms with Crippen molar-refractivity contribution in [2.24, 2.45) is 0 Å². The summed E-state index contributed by atoms with van der Waals surface area (Å²) >= 11 is 0. The molecule has 8 heteroatoms. The van der Waals surface area contributed by atoms with Gasteiger partial charge in [-0.3, -0.25) is 9.36 Å². The van der Waals surface area contributed by atoms with Crippen molar-refractivity contribution in [3.63, 3.8) is 0 Å². The molecule has 4 rings (SSSR count).